The lowest BCUT2D eigenvalue weighted by Crippen LogP contribution is -2.51. The van der Waals surface area contributed by atoms with Crippen LogP contribution in [0.15, 0.2) is 42.5 Å². The average molecular weight is 530 g/mol. The van der Waals surface area contributed by atoms with Crippen molar-refractivity contribution in [1.82, 2.24) is 25.0 Å². The number of fused-ring (bicyclic) bond motifs is 1. The third-order valence-corrected chi connectivity index (χ3v) is 8.42. The number of hydrogen-bond acceptors (Lipinski definition) is 4. The van der Waals surface area contributed by atoms with Crippen LogP contribution in [0.2, 0.25) is 0 Å². The van der Waals surface area contributed by atoms with Crippen molar-refractivity contribution in [3.63, 3.8) is 0 Å². The van der Waals surface area contributed by atoms with E-state index in [4.69, 9.17) is 0 Å². The molecule has 2 saturated heterocycles. The highest BCUT2D eigenvalue weighted by molar-refractivity contribution is 6.01. The zero-order valence-electron chi connectivity index (χ0n) is 23.9. The van der Waals surface area contributed by atoms with Gasteiger partial charge in [0.25, 0.3) is 5.91 Å². The van der Waals surface area contributed by atoms with E-state index in [-0.39, 0.29) is 17.9 Å². The lowest BCUT2D eigenvalue weighted by atomic mass is 9.84. The molecule has 2 aliphatic rings. The predicted octanol–water partition coefficient (Wildman–Crippen LogP) is 4.45. The SMILES string of the molecule is Cc1cccc(C)c1C1CCN(Cc2c(C(=O)N3CCN(CC(=O)NC(C)C)CC3)[nH]c3ccccc23)CC1. The number of para-hydroxylation sites is 1. The van der Waals surface area contributed by atoms with Crippen molar-refractivity contribution in [3.05, 3.63) is 70.4 Å². The lowest BCUT2D eigenvalue weighted by molar-refractivity contribution is -0.123. The second kappa shape index (κ2) is 11.9. The molecule has 0 saturated carbocycles. The molecular formula is C32H43N5O2. The number of amides is 2. The fourth-order valence-electron chi connectivity index (χ4n) is 6.46. The molecule has 3 aromatic rings. The lowest BCUT2D eigenvalue weighted by Gasteiger charge is -2.35. The van der Waals surface area contributed by atoms with Crippen LogP contribution in [0, 0.1) is 13.8 Å². The fraction of sp³-hybridized carbons (Fsp3) is 0.500. The largest absolute Gasteiger partial charge is 0.353 e. The van der Waals surface area contributed by atoms with Crippen LogP contribution in [-0.4, -0.2) is 83.4 Å². The van der Waals surface area contributed by atoms with Gasteiger partial charge in [-0.3, -0.25) is 19.4 Å². The van der Waals surface area contributed by atoms with Crippen LogP contribution >= 0.6 is 0 Å². The van der Waals surface area contributed by atoms with Crippen molar-refractivity contribution in [2.45, 2.75) is 59.0 Å². The summed E-state index contributed by atoms with van der Waals surface area (Å²) in [5, 5.41) is 4.10. The molecule has 2 aromatic carbocycles. The van der Waals surface area contributed by atoms with E-state index >= 15 is 0 Å². The molecule has 7 heteroatoms. The Morgan fingerprint density at radius 2 is 1.56 bits per heavy atom. The first-order valence-electron chi connectivity index (χ1n) is 14.5. The smallest absolute Gasteiger partial charge is 0.270 e. The summed E-state index contributed by atoms with van der Waals surface area (Å²) in [6.45, 7) is 14.3. The molecule has 2 fully saturated rings. The number of piperidine rings is 1. The third-order valence-electron chi connectivity index (χ3n) is 8.42. The highest BCUT2D eigenvalue weighted by Gasteiger charge is 2.29. The van der Waals surface area contributed by atoms with Gasteiger partial charge in [-0.2, -0.15) is 0 Å². The number of aromatic nitrogens is 1. The first-order valence-corrected chi connectivity index (χ1v) is 14.5. The van der Waals surface area contributed by atoms with E-state index in [0.29, 0.717) is 38.6 Å². The average Bonchev–Trinajstić information content (AvgIpc) is 3.27. The number of H-pyrrole nitrogens is 1. The zero-order valence-corrected chi connectivity index (χ0v) is 23.9. The Kier molecular flexibility index (Phi) is 8.38. The number of benzene rings is 2. The number of carbonyl (C=O) groups excluding carboxylic acids is 2. The molecule has 0 aliphatic carbocycles. The summed E-state index contributed by atoms with van der Waals surface area (Å²) >= 11 is 0. The molecule has 0 bridgehead atoms. The molecule has 2 aliphatic heterocycles. The molecule has 1 aromatic heterocycles. The molecule has 208 valence electrons. The molecule has 0 radical (unpaired) electrons. The number of aromatic amines is 1. The van der Waals surface area contributed by atoms with Crippen molar-refractivity contribution in [2.24, 2.45) is 0 Å². The molecule has 0 unspecified atom stereocenters. The van der Waals surface area contributed by atoms with Gasteiger partial charge in [-0.1, -0.05) is 36.4 Å². The van der Waals surface area contributed by atoms with Crippen LogP contribution in [0.1, 0.15) is 65.3 Å². The molecule has 5 rings (SSSR count). The van der Waals surface area contributed by atoms with E-state index in [9.17, 15) is 9.59 Å². The standard InChI is InChI=1S/C32H43N5O2/c1-22(2)33-29(38)21-36-16-18-37(19-17-36)32(39)31-27(26-10-5-6-11-28(26)34-31)20-35-14-12-25(13-15-35)30-23(3)8-7-9-24(30)4/h5-11,22,25,34H,12-21H2,1-4H3,(H,33,38). The molecule has 0 atom stereocenters. The minimum Gasteiger partial charge on any atom is -0.353 e. The van der Waals surface area contributed by atoms with Crippen LogP contribution in [0.5, 0.6) is 0 Å². The molecule has 3 heterocycles. The van der Waals surface area contributed by atoms with Crippen LogP contribution in [-0.2, 0) is 11.3 Å². The Labute approximate surface area is 232 Å². The van der Waals surface area contributed by atoms with Crippen LogP contribution < -0.4 is 5.32 Å². The number of aryl methyl sites for hydroxylation is 2. The van der Waals surface area contributed by atoms with Gasteiger partial charge in [-0.05, 0) is 82.3 Å². The van der Waals surface area contributed by atoms with E-state index in [2.05, 4.69) is 70.3 Å². The highest BCUT2D eigenvalue weighted by atomic mass is 16.2. The first-order chi connectivity index (χ1) is 18.8. The van der Waals surface area contributed by atoms with Gasteiger partial charge < -0.3 is 15.2 Å². The molecule has 7 nitrogen and oxygen atoms in total. The van der Waals surface area contributed by atoms with Gasteiger partial charge in [0.2, 0.25) is 5.91 Å². The minimum atomic E-state index is 0.0454. The fourth-order valence-corrected chi connectivity index (χ4v) is 6.46. The van der Waals surface area contributed by atoms with Gasteiger partial charge in [-0.15, -0.1) is 0 Å². The van der Waals surface area contributed by atoms with Crippen molar-refractivity contribution in [3.8, 4) is 0 Å². The topological polar surface area (TPSA) is 71.7 Å². The second-order valence-electron chi connectivity index (χ2n) is 11.7. The molecule has 39 heavy (non-hydrogen) atoms. The second-order valence-corrected chi connectivity index (χ2v) is 11.7. The summed E-state index contributed by atoms with van der Waals surface area (Å²) in [6.07, 6.45) is 2.29. The van der Waals surface area contributed by atoms with Gasteiger partial charge in [0.1, 0.15) is 5.69 Å². The van der Waals surface area contributed by atoms with Crippen LogP contribution in [0.4, 0.5) is 0 Å². The van der Waals surface area contributed by atoms with Gasteiger partial charge >= 0.3 is 0 Å². The number of nitrogens with one attached hydrogen (secondary N) is 2. The number of carbonyl (C=O) groups is 2. The summed E-state index contributed by atoms with van der Waals surface area (Å²) in [6, 6.07) is 15.0. The Bertz CT molecular complexity index is 1290. The summed E-state index contributed by atoms with van der Waals surface area (Å²) in [5.74, 6) is 0.715. The van der Waals surface area contributed by atoms with E-state index in [1.807, 2.05) is 24.8 Å². The van der Waals surface area contributed by atoms with Gasteiger partial charge in [0.15, 0.2) is 0 Å². The van der Waals surface area contributed by atoms with Gasteiger partial charge in [0.05, 0.1) is 6.54 Å². The van der Waals surface area contributed by atoms with Crippen LogP contribution in [0.25, 0.3) is 10.9 Å². The number of piperazine rings is 1. The summed E-state index contributed by atoms with van der Waals surface area (Å²) in [7, 11) is 0. The zero-order chi connectivity index (χ0) is 27.5. The monoisotopic (exact) mass is 529 g/mol. The Hall–Kier alpha value is -3.16. The van der Waals surface area contributed by atoms with Crippen molar-refractivity contribution in [2.75, 3.05) is 45.8 Å². The highest BCUT2D eigenvalue weighted by Crippen LogP contribution is 2.34. The van der Waals surface area contributed by atoms with E-state index in [1.54, 1.807) is 0 Å². The van der Waals surface area contributed by atoms with Gasteiger partial charge in [0, 0.05) is 55.2 Å². The maximum absolute atomic E-state index is 13.8. The quantitative estimate of drug-likeness (QED) is 0.475. The number of likely N-dealkylation sites (tertiary alicyclic amines) is 1. The number of hydrogen-bond donors (Lipinski definition) is 2. The molecule has 2 amide bonds. The summed E-state index contributed by atoms with van der Waals surface area (Å²) in [4.78, 5) is 36.0. The van der Waals surface area contributed by atoms with Crippen LogP contribution in [0.3, 0.4) is 0 Å². The van der Waals surface area contributed by atoms with E-state index < -0.39 is 0 Å². The Balaban J connectivity index is 1.26. The third kappa shape index (κ3) is 6.20. The van der Waals surface area contributed by atoms with E-state index in [1.165, 1.54) is 16.7 Å². The minimum absolute atomic E-state index is 0.0454. The summed E-state index contributed by atoms with van der Waals surface area (Å²) in [5.41, 5.74) is 7.18. The maximum atomic E-state index is 13.8. The molecule has 2 N–H and O–H groups in total. The normalized spacial score (nSPS) is 17.7. The number of nitrogens with zero attached hydrogens (tertiary/aromatic N) is 3. The first kappa shape index (κ1) is 27.4. The maximum Gasteiger partial charge on any atom is 0.270 e. The van der Waals surface area contributed by atoms with Crippen molar-refractivity contribution >= 4 is 22.7 Å². The Morgan fingerprint density at radius 1 is 0.897 bits per heavy atom. The summed E-state index contributed by atoms with van der Waals surface area (Å²) < 4.78 is 0. The molecule has 0 spiro atoms. The Morgan fingerprint density at radius 3 is 2.23 bits per heavy atom. The van der Waals surface area contributed by atoms with Crippen molar-refractivity contribution < 1.29 is 9.59 Å². The molecular weight excluding hydrogens is 486 g/mol. The van der Waals surface area contributed by atoms with Gasteiger partial charge in [-0.25, -0.2) is 0 Å². The van der Waals surface area contributed by atoms with E-state index in [0.717, 1.165) is 54.6 Å². The predicted molar refractivity (Wildman–Crippen MR) is 157 cm³/mol. The number of rotatable bonds is 7. The van der Waals surface area contributed by atoms with Crippen molar-refractivity contribution in [1.29, 1.82) is 0 Å².